The lowest BCUT2D eigenvalue weighted by Gasteiger charge is -2.43. The first-order chi connectivity index (χ1) is 21.1. The third kappa shape index (κ3) is 8.43. The monoisotopic (exact) mass is 604 g/mol. The number of likely N-dealkylation sites (N-methyl/N-ethyl adjacent to an activating group) is 1. The molecular formula is C35H45FN4O4. The van der Waals surface area contributed by atoms with Crippen LogP contribution in [0.3, 0.4) is 0 Å². The van der Waals surface area contributed by atoms with E-state index >= 15 is 4.39 Å². The number of nitrogens with one attached hydrogen (secondary N) is 2. The summed E-state index contributed by atoms with van der Waals surface area (Å²) < 4.78 is 15.6. The fraction of sp³-hybridized carbons (Fsp3) is 0.429. The molecule has 3 aromatic carbocycles. The zero-order valence-corrected chi connectivity index (χ0v) is 26.0. The number of carboxylic acid groups (broad SMARTS) is 1. The maximum Gasteiger partial charge on any atom is 0.404 e. The van der Waals surface area contributed by atoms with E-state index in [4.69, 9.17) is 5.11 Å². The lowest BCUT2D eigenvalue weighted by molar-refractivity contribution is -0.0564. The van der Waals surface area contributed by atoms with Crippen LogP contribution in [-0.4, -0.2) is 78.8 Å². The molecule has 0 aromatic heterocycles. The molecule has 44 heavy (non-hydrogen) atoms. The normalized spacial score (nSPS) is 16.5. The maximum absolute atomic E-state index is 15.6. The van der Waals surface area contributed by atoms with Gasteiger partial charge in [-0.1, -0.05) is 54.1 Å². The highest BCUT2D eigenvalue weighted by Crippen LogP contribution is 2.44. The average molecular weight is 605 g/mol. The highest BCUT2D eigenvalue weighted by atomic mass is 19.1. The lowest BCUT2D eigenvalue weighted by Crippen LogP contribution is -2.48. The number of carbonyl (C=O) groups excluding carboxylic acids is 1. The molecule has 0 aliphatic carbocycles. The van der Waals surface area contributed by atoms with Crippen LogP contribution in [0, 0.1) is 18.7 Å². The van der Waals surface area contributed by atoms with Gasteiger partial charge in [-0.05, 0) is 81.6 Å². The van der Waals surface area contributed by atoms with E-state index in [0.717, 1.165) is 30.8 Å². The van der Waals surface area contributed by atoms with Crippen LogP contribution < -0.4 is 10.6 Å². The Labute approximate surface area is 259 Å². The van der Waals surface area contributed by atoms with Crippen molar-refractivity contribution in [1.29, 1.82) is 0 Å². The van der Waals surface area contributed by atoms with Crippen LogP contribution in [0.1, 0.15) is 52.7 Å². The van der Waals surface area contributed by atoms with Crippen molar-refractivity contribution in [3.8, 4) is 11.1 Å². The van der Waals surface area contributed by atoms with E-state index in [-0.39, 0.29) is 24.8 Å². The Morgan fingerprint density at radius 1 is 1.07 bits per heavy atom. The molecule has 0 spiro atoms. The molecule has 0 radical (unpaired) electrons. The highest BCUT2D eigenvalue weighted by molar-refractivity contribution is 5.94. The zero-order chi connectivity index (χ0) is 31.7. The molecule has 2 atom stereocenters. The number of amides is 2. The molecule has 0 bridgehead atoms. The molecule has 1 aliphatic rings. The van der Waals surface area contributed by atoms with E-state index in [9.17, 15) is 14.7 Å². The first kappa shape index (κ1) is 33.1. The summed E-state index contributed by atoms with van der Waals surface area (Å²) in [6, 6.07) is 19.9. The number of hydrogen-bond donors (Lipinski definition) is 4. The van der Waals surface area contributed by atoms with Gasteiger partial charge in [0.1, 0.15) is 5.82 Å². The Morgan fingerprint density at radius 3 is 2.52 bits per heavy atom. The zero-order valence-electron chi connectivity index (χ0n) is 26.0. The molecule has 4 rings (SSSR count). The summed E-state index contributed by atoms with van der Waals surface area (Å²) in [5.74, 6) is -0.916. The summed E-state index contributed by atoms with van der Waals surface area (Å²) in [6.45, 7) is 5.49. The van der Waals surface area contributed by atoms with Gasteiger partial charge in [0.15, 0.2) is 0 Å². The summed E-state index contributed by atoms with van der Waals surface area (Å²) in [6.07, 6.45) is 0.756. The van der Waals surface area contributed by atoms with Gasteiger partial charge in [-0.15, -0.1) is 0 Å². The SMILES string of the molecule is Cc1cccc(-c2c(F)cccc2[C@](O)(CCCNC(=O)O)[C@@H]2CCCN(C(=O)c3ccc(CNCCN(C)C)cc3)C2)c1. The topological polar surface area (TPSA) is 105 Å². The van der Waals surface area contributed by atoms with E-state index in [2.05, 4.69) is 15.5 Å². The number of nitrogens with zero attached hydrogens (tertiary/aromatic N) is 2. The quantitative estimate of drug-likeness (QED) is 0.199. The van der Waals surface area contributed by atoms with E-state index < -0.39 is 17.5 Å². The Balaban J connectivity index is 1.58. The van der Waals surface area contributed by atoms with Crippen molar-refractivity contribution >= 4 is 12.0 Å². The summed E-state index contributed by atoms with van der Waals surface area (Å²) in [4.78, 5) is 28.7. The highest BCUT2D eigenvalue weighted by Gasteiger charge is 2.43. The predicted octanol–water partition coefficient (Wildman–Crippen LogP) is 5.24. The molecule has 1 heterocycles. The fourth-order valence-electron chi connectivity index (χ4n) is 6.13. The van der Waals surface area contributed by atoms with Gasteiger partial charge in [-0.3, -0.25) is 4.79 Å². The van der Waals surface area contributed by atoms with Crippen molar-refractivity contribution in [2.45, 2.75) is 44.8 Å². The fourth-order valence-corrected chi connectivity index (χ4v) is 6.13. The van der Waals surface area contributed by atoms with Crippen LogP contribution in [0.5, 0.6) is 0 Å². The predicted molar refractivity (Wildman–Crippen MR) is 171 cm³/mol. The van der Waals surface area contributed by atoms with Gasteiger partial charge < -0.3 is 30.6 Å². The molecule has 0 unspecified atom stereocenters. The molecule has 4 N–H and O–H groups in total. The molecular weight excluding hydrogens is 559 g/mol. The van der Waals surface area contributed by atoms with Crippen molar-refractivity contribution in [3.05, 3.63) is 94.8 Å². The molecule has 2 amide bonds. The van der Waals surface area contributed by atoms with Gasteiger partial charge in [-0.25, -0.2) is 9.18 Å². The number of benzene rings is 3. The van der Waals surface area contributed by atoms with Crippen LogP contribution in [0.2, 0.25) is 0 Å². The minimum absolute atomic E-state index is 0.102. The van der Waals surface area contributed by atoms with Gasteiger partial charge in [0.2, 0.25) is 0 Å². The first-order valence-corrected chi connectivity index (χ1v) is 15.4. The van der Waals surface area contributed by atoms with Gasteiger partial charge in [0.25, 0.3) is 5.91 Å². The van der Waals surface area contributed by atoms with Gasteiger partial charge in [-0.2, -0.15) is 0 Å². The largest absolute Gasteiger partial charge is 0.465 e. The number of rotatable bonds is 13. The molecule has 236 valence electrons. The number of aryl methyl sites for hydroxylation is 1. The minimum Gasteiger partial charge on any atom is -0.465 e. The lowest BCUT2D eigenvalue weighted by atomic mass is 9.72. The molecule has 1 saturated heterocycles. The minimum atomic E-state index is -1.50. The molecule has 0 saturated carbocycles. The Bertz CT molecular complexity index is 1410. The average Bonchev–Trinajstić information content (AvgIpc) is 3.01. The van der Waals surface area contributed by atoms with E-state index in [1.807, 2.05) is 69.6 Å². The Morgan fingerprint density at radius 2 is 1.82 bits per heavy atom. The van der Waals surface area contributed by atoms with Crippen LogP contribution in [0.15, 0.2) is 66.7 Å². The van der Waals surface area contributed by atoms with Crippen LogP contribution in [-0.2, 0) is 12.1 Å². The van der Waals surface area contributed by atoms with E-state index in [1.165, 1.54) is 6.07 Å². The second-order valence-corrected chi connectivity index (χ2v) is 12.1. The standard InChI is InChI=1S/C35H45FN4O4/c1-25-8-4-9-28(22-25)32-30(11-5-12-31(32)36)35(44,17-7-18-38-34(42)43)29-10-6-20-40(24-29)33(41)27-15-13-26(14-16-27)23-37-19-21-39(2)3/h4-5,8-9,11-16,22,29,37-38,44H,6-7,10,17-21,23-24H2,1-3H3,(H,42,43)/t29-,35+/m1/s1. The van der Waals surface area contributed by atoms with Crippen molar-refractivity contribution in [2.75, 3.05) is 46.8 Å². The summed E-state index contributed by atoms with van der Waals surface area (Å²) >= 11 is 0. The number of hydrogen-bond acceptors (Lipinski definition) is 5. The van der Waals surface area contributed by atoms with Crippen molar-refractivity contribution in [2.24, 2.45) is 5.92 Å². The molecule has 9 heteroatoms. The first-order valence-electron chi connectivity index (χ1n) is 15.4. The van der Waals surface area contributed by atoms with Crippen LogP contribution in [0.4, 0.5) is 9.18 Å². The smallest absolute Gasteiger partial charge is 0.404 e. The van der Waals surface area contributed by atoms with Crippen LogP contribution >= 0.6 is 0 Å². The summed E-state index contributed by atoms with van der Waals surface area (Å²) in [5.41, 5.74) is 2.62. The third-order valence-electron chi connectivity index (χ3n) is 8.45. The number of likely N-dealkylation sites (tertiary alicyclic amines) is 1. The second kappa shape index (κ2) is 15.3. The maximum atomic E-state index is 15.6. The van der Waals surface area contributed by atoms with Gasteiger partial charge in [0, 0.05) is 56.3 Å². The molecule has 3 aromatic rings. The summed E-state index contributed by atoms with van der Waals surface area (Å²) in [5, 5.41) is 27.4. The summed E-state index contributed by atoms with van der Waals surface area (Å²) in [7, 11) is 4.07. The van der Waals surface area contributed by atoms with Crippen LogP contribution in [0.25, 0.3) is 11.1 Å². The van der Waals surface area contributed by atoms with Gasteiger partial charge >= 0.3 is 6.09 Å². The van der Waals surface area contributed by atoms with Crippen molar-refractivity contribution < 1.29 is 24.2 Å². The molecule has 1 aliphatic heterocycles. The Hall–Kier alpha value is -3.79. The number of aliphatic hydroxyl groups is 1. The second-order valence-electron chi connectivity index (χ2n) is 12.1. The number of carbonyl (C=O) groups is 2. The molecule has 8 nitrogen and oxygen atoms in total. The number of halogens is 1. The molecule has 1 fully saturated rings. The van der Waals surface area contributed by atoms with Gasteiger partial charge in [0.05, 0.1) is 5.60 Å². The van der Waals surface area contributed by atoms with E-state index in [1.54, 1.807) is 17.0 Å². The number of piperidine rings is 1. The van der Waals surface area contributed by atoms with Crippen molar-refractivity contribution in [1.82, 2.24) is 20.4 Å². The van der Waals surface area contributed by atoms with E-state index in [0.29, 0.717) is 54.6 Å². The van der Waals surface area contributed by atoms with Crippen molar-refractivity contribution in [3.63, 3.8) is 0 Å². The third-order valence-corrected chi connectivity index (χ3v) is 8.45. The Kier molecular flexibility index (Phi) is 11.5.